The first-order valence-electron chi connectivity index (χ1n) is 8.14. The number of amides is 1. The molecule has 126 valence electrons. The van der Waals surface area contributed by atoms with Crippen LogP contribution in [0.25, 0.3) is 0 Å². The monoisotopic (exact) mass is 326 g/mol. The van der Waals surface area contributed by atoms with Gasteiger partial charge in [-0.1, -0.05) is 18.2 Å². The van der Waals surface area contributed by atoms with Gasteiger partial charge in [0.15, 0.2) is 0 Å². The van der Waals surface area contributed by atoms with Crippen LogP contribution in [0.5, 0.6) is 11.5 Å². The lowest BCUT2D eigenvalue weighted by molar-refractivity contribution is -0.117. The first kappa shape index (κ1) is 16.3. The van der Waals surface area contributed by atoms with Gasteiger partial charge in [0, 0.05) is 18.8 Å². The number of fused-ring (bicyclic) bond motifs is 1. The minimum Gasteiger partial charge on any atom is -0.497 e. The van der Waals surface area contributed by atoms with Crippen LogP contribution < -0.4 is 19.7 Å². The molecule has 1 amide bonds. The van der Waals surface area contributed by atoms with Crippen LogP contribution in [-0.4, -0.2) is 39.3 Å². The van der Waals surface area contributed by atoms with Crippen LogP contribution in [0.4, 0.5) is 5.69 Å². The Morgan fingerprint density at radius 3 is 2.67 bits per heavy atom. The molecular weight excluding hydrogens is 304 g/mol. The lowest BCUT2D eigenvalue weighted by atomic mass is 10.2. The van der Waals surface area contributed by atoms with Crippen LogP contribution in [0, 0.1) is 0 Å². The topological polar surface area (TPSA) is 50.8 Å². The first-order valence-corrected chi connectivity index (χ1v) is 8.14. The summed E-state index contributed by atoms with van der Waals surface area (Å²) in [6.45, 7) is 2.21. The number of nitrogens with one attached hydrogen (secondary N) is 1. The second-order valence-electron chi connectivity index (χ2n) is 5.62. The third-order valence-electron chi connectivity index (χ3n) is 4.07. The highest BCUT2D eigenvalue weighted by Gasteiger charge is 2.23. The molecule has 0 aromatic heterocycles. The molecule has 24 heavy (non-hydrogen) atoms. The normalized spacial score (nSPS) is 12.8. The fourth-order valence-corrected chi connectivity index (χ4v) is 2.80. The smallest absolute Gasteiger partial charge is 0.240 e. The highest BCUT2D eigenvalue weighted by Crippen LogP contribution is 2.27. The van der Waals surface area contributed by atoms with Gasteiger partial charge in [0.1, 0.15) is 18.1 Å². The van der Waals surface area contributed by atoms with E-state index in [1.165, 1.54) is 5.56 Å². The minimum atomic E-state index is 0.101. The van der Waals surface area contributed by atoms with E-state index in [4.69, 9.17) is 9.47 Å². The predicted molar refractivity (Wildman–Crippen MR) is 93.9 cm³/mol. The van der Waals surface area contributed by atoms with Gasteiger partial charge in [-0.15, -0.1) is 0 Å². The number of methoxy groups -OCH3 is 1. The summed E-state index contributed by atoms with van der Waals surface area (Å²) in [5.41, 5.74) is 2.28. The number of anilines is 1. The number of ether oxygens (including phenoxy) is 2. The Bertz CT molecular complexity index is 685. The zero-order chi connectivity index (χ0) is 16.8. The van der Waals surface area contributed by atoms with Gasteiger partial charge in [-0.05, 0) is 42.3 Å². The number of carbonyl (C=O) groups is 1. The molecule has 2 aromatic carbocycles. The van der Waals surface area contributed by atoms with Crippen molar-refractivity contribution in [3.05, 3.63) is 54.1 Å². The summed E-state index contributed by atoms with van der Waals surface area (Å²) in [5.74, 6) is 1.69. The van der Waals surface area contributed by atoms with Crippen molar-refractivity contribution in [1.82, 2.24) is 5.32 Å². The summed E-state index contributed by atoms with van der Waals surface area (Å²) >= 11 is 0. The van der Waals surface area contributed by atoms with Crippen molar-refractivity contribution >= 4 is 11.6 Å². The van der Waals surface area contributed by atoms with E-state index in [1.54, 1.807) is 7.11 Å². The van der Waals surface area contributed by atoms with Crippen molar-refractivity contribution in [1.29, 1.82) is 0 Å². The van der Waals surface area contributed by atoms with Crippen LogP contribution in [-0.2, 0) is 11.2 Å². The first-order chi connectivity index (χ1) is 11.8. The molecule has 2 aromatic rings. The van der Waals surface area contributed by atoms with E-state index in [9.17, 15) is 4.79 Å². The van der Waals surface area contributed by atoms with E-state index < -0.39 is 0 Å². The van der Waals surface area contributed by atoms with Crippen molar-refractivity contribution in [2.45, 2.75) is 6.42 Å². The van der Waals surface area contributed by atoms with Crippen molar-refractivity contribution in [3.8, 4) is 11.5 Å². The summed E-state index contributed by atoms with van der Waals surface area (Å²) in [6, 6.07) is 15.5. The minimum absolute atomic E-state index is 0.101. The Kier molecular flexibility index (Phi) is 5.33. The largest absolute Gasteiger partial charge is 0.497 e. The SMILES string of the molecule is COc1ccc(OCCNCC(=O)N2CCc3ccccc32)cc1. The van der Waals surface area contributed by atoms with Gasteiger partial charge in [0.05, 0.1) is 13.7 Å². The molecule has 0 unspecified atom stereocenters. The average molecular weight is 326 g/mol. The molecule has 0 saturated carbocycles. The van der Waals surface area contributed by atoms with E-state index >= 15 is 0 Å². The molecule has 1 aliphatic rings. The predicted octanol–water partition coefficient (Wildman–Crippen LogP) is 2.25. The Hall–Kier alpha value is -2.53. The highest BCUT2D eigenvalue weighted by molar-refractivity contribution is 5.96. The van der Waals surface area contributed by atoms with E-state index in [2.05, 4.69) is 11.4 Å². The molecule has 3 rings (SSSR count). The summed E-state index contributed by atoms with van der Waals surface area (Å²) in [6.07, 6.45) is 0.933. The molecule has 1 N–H and O–H groups in total. The van der Waals surface area contributed by atoms with Gasteiger partial charge in [0.2, 0.25) is 5.91 Å². The second-order valence-corrected chi connectivity index (χ2v) is 5.62. The standard InChI is InChI=1S/C19H22N2O3/c1-23-16-6-8-17(9-7-16)24-13-11-20-14-19(22)21-12-10-15-4-2-3-5-18(15)21/h2-9,20H,10-14H2,1H3. The van der Waals surface area contributed by atoms with Crippen LogP contribution in [0.2, 0.25) is 0 Å². The number of benzene rings is 2. The van der Waals surface area contributed by atoms with Crippen LogP contribution in [0.3, 0.4) is 0 Å². The maximum absolute atomic E-state index is 12.3. The molecule has 0 radical (unpaired) electrons. The zero-order valence-electron chi connectivity index (χ0n) is 13.8. The quantitative estimate of drug-likeness (QED) is 0.793. The molecule has 5 heteroatoms. The van der Waals surface area contributed by atoms with E-state index in [-0.39, 0.29) is 5.91 Å². The summed E-state index contributed by atoms with van der Waals surface area (Å²) in [7, 11) is 1.63. The molecule has 0 spiro atoms. The maximum atomic E-state index is 12.3. The number of nitrogens with zero attached hydrogens (tertiary/aromatic N) is 1. The number of hydrogen-bond donors (Lipinski definition) is 1. The van der Waals surface area contributed by atoms with E-state index in [0.29, 0.717) is 19.7 Å². The number of carbonyl (C=O) groups excluding carboxylic acids is 1. The number of para-hydroxylation sites is 1. The van der Waals surface area contributed by atoms with Crippen LogP contribution in [0.15, 0.2) is 48.5 Å². The molecule has 5 nitrogen and oxygen atoms in total. The van der Waals surface area contributed by atoms with Crippen molar-refractivity contribution in [2.75, 3.05) is 38.3 Å². The van der Waals surface area contributed by atoms with Crippen molar-refractivity contribution in [3.63, 3.8) is 0 Å². The van der Waals surface area contributed by atoms with Gasteiger partial charge in [-0.25, -0.2) is 0 Å². The molecule has 0 fully saturated rings. The second kappa shape index (κ2) is 7.84. The fraction of sp³-hybridized carbons (Fsp3) is 0.316. The van der Waals surface area contributed by atoms with Gasteiger partial charge in [0.25, 0.3) is 0 Å². The third kappa shape index (κ3) is 3.86. The summed E-state index contributed by atoms with van der Waals surface area (Å²) < 4.78 is 10.7. The molecule has 0 atom stereocenters. The van der Waals surface area contributed by atoms with Crippen LogP contribution >= 0.6 is 0 Å². The Labute approximate surface area is 142 Å². The van der Waals surface area contributed by atoms with Crippen LogP contribution in [0.1, 0.15) is 5.56 Å². The molecule has 0 aliphatic carbocycles. The average Bonchev–Trinajstić information content (AvgIpc) is 3.06. The lowest BCUT2D eigenvalue weighted by Gasteiger charge is -2.17. The third-order valence-corrected chi connectivity index (χ3v) is 4.07. The van der Waals surface area contributed by atoms with E-state index in [1.807, 2.05) is 47.4 Å². The molecule has 1 aliphatic heterocycles. The van der Waals surface area contributed by atoms with Gasteiger partial charge < -0.3 is 19.7 Å². The summed E-state index contributed by atoms with van der Waals surface area (Å²) in [4.78, 5) is 14.2. The summed E-state index contributed by atoms with van der Waals surface area (Å²) in [5, 5.41) is 3.14. The van der Waals surface area contributed by atoms with Gasteiger partial charge >= 0.3 is 0 Å². The fourth-order valence-electron chi connectivity index (χ4n) is 2.80. The molecule has 0 bridgehead atoms. The molecule has 1 heterocycles. The van der Waals surface area contributed by atoms with Gasteiger partial charge in [-0.3, -0.25) is 4.79 Å². The van der Waals surface area contributed by atoms with Crippen molar-refractivity contribution < 1.29 is 14.3 Å². The lowest BCUT2D eigenvalue weighted by Crippen LogP contribution is -2.38. The highest BCUT2D eigenvalue weighted by atomic mass is 16.5. The maximum Gasteiger partial charge on any atom is 0.240 e. The Balaban J connectivity index is 1.38. The van der Waals surface area contributed by atoms with Crippen molar-refractivity contribution in [2.24, 2.45) is 0 Å². The van der Waals surface area contributed by atoms with E-state index in [0.717, 1.165) is 30.2 Å². The Morgan fingerprint density at radius 2 is 1.88 bits per heavy atom. The number of hydrogen-bond acceptors (Lipinski definition) is 4. The molecular formula is C19H22N2O3. The number of rotatable bonds is 7. The zero-order valence-corrected chi connectivity index (χ0v) is 13.8. The van der Waals surface area contributed by atoms with Gasteiger partial charge in [-0.2, -0.15) is 0 Å². The Morgan fingerprint density at radius 1 is 1.12 bits per heavy atom. The molecule has 0 saturated heterocycles.